The molecule has 2 saturated heterocycles. The van der Waals surface area contributed by atoms with Crippen molar-refractivity contribution in [2.45, 2.75) is 56.7 Å². The Bertz CT molecular complexity index is 1230. The average Bonchev–Trinajstić information content (AvgIpc) is 3.15. The molecule has 3 aliphatic rings. The summed E-state index contributed by atoms with van der Waals surface area (Å²) in [5.74, 6) is 1.38. The summed E-state index contributed by atoms with van der Waals surface area (Å²) in [6.07, 6.45) is 2.63. The van der Waals surface area contributed by atoms with Crippen LogP contribution in [0.25, 0.3) is 11.1 Å². The van der Waals surface area contributed by atoms with Crippen molar-refractivity contribution in [2.24, 2.45) is 23.7 Å². The number of fused-ring (bicyclic) bond motifs is 3. The van der Waals surface area contributed by atoms with Crippen LogP contribution in [0.2, 0.25) is 0 Å². The molecular formula is C27H36N2O4S2. The molecule has 2 heterocycles. The van der Waals surface area contributed by atoms with Gasteiger partial charge in [0.1, 0.15) is 0 Å². The Morgan fingerprint density at radius 3 is 1.29 bits per heavy atom. The molecule has 6 nitrogen and oxygen atoms in total. The van der Waals surface area contributed by atoms with Gasteiger partial charge in [0, 0.05) is 26.2 Å². The fourth-order valence-electron chi connectivity index (χ4n) is 6.39. The van der Waals surface area contributed by atoms with Gasteiger partial charge in [-0.2, -0.15) is 8.61 Å². The van der Waals surface area contributed by atoms with E-state index in [0.717, 1.165) is 35.1 Å². The zero-order valence-corrected chi connectivity index (χ0v) is 22.7. The van der Waals surface area contributed by atoms with Gasteiger partial charge in [-0.3, -0.25) is 0 Å². The molecule has 2 fully saturated rings. The number of benzene rings is 2. The third-order valence-electron chi connectivity index (χ3n) is 7.77. The summed E-state index contributed by atoms with van der Waals surface area (Å²) < 4.78 is 56.9. The Kier molecular flexibility index (Phi) is 6.39. The van der Waals surface area contributed by atoms with Crippen LogP contribution in [0.15, 0.2) is 46.2 Å². The second kappa shape index (κ2) is 8.98. The molecule has 0 bridgehead atoms. The van der Waals surface area contributed by atoms with Crippen molar-refractivity contribution >= 4 is 20.0 Å². The summed E-state index contributed by atoms with van der Waals surface area (Å²) in [5.41, 5.74) is 3.86. The van der Waals surface area contributed by atoms with E-state index >= 15 is 0 Å². The molecular weight excluding hydrogens is 480 g/mol. The fraction of sp³-hybridized carbons (Fsp3) is 0.556. The summed E-state index contributed by atoms with van der Waals surface area (Å²) in [6.45, 7) is 10.6. The van der Waals surface area contributed by atoms with Crippen molar-refractivity contribution in [1.29, 1.82) is 0 Å². The summed E-state index contributed by atoms with van der Waals surface area (Å²) in [6, 6.07) is 10.7. The van der Waals surface area contributed by atoms with Gasteiger partial charge in [0.15, 0.2) is 0 Å². The van der Waals surface area contributed by atoms with Crippen molar-refractivity contribution in [2.75, 3.05) is 26.2 Å². The SMILES string of the molecule is C[C@@H]1C[C@H](C)CN(S(=O)(=O)c2ccc3c(c2)Cc2cc(S(=O)(=O)N4C[C@H](C)C[C@H](C)C4)ccc2-3)C1. The van der Waals surface area contributed by atoms with E-state index in [1.54, 1.807) is 32.9 Å². The predicted molar refractivity (Wildman–Crippen MR) is 138 cm³/mol. The van der Waals surface area contributed by atoms with E-state index in [1.807, 2.05) is 12.1 Å². The highest BCUT2D eigenvalue weighted by atomic mass is 32.2. The third kappa shape index (κ3) is 4.59. The molecule has 2 aromatic carbocycles. The normalized spacial score (nSPS) is 28.0. The minimum atomic E-state index is -3.56. The van der Waals surface area contributed by atoms with E-state index < -0.39 is 20.0 Å². The van der Waals surface area contributed by atoms with Crippen LogP contribution in [-0.4, -0.2) is 51.6 Å². The quantitative estimate of drug-likeness (QED) is 0.508. The van der Waals surface area contributed by atoms with E-state index in [0.29, 0.717) is 66.1 Å². The maximum absolute atomic E-state index is 13.4. The van der Waals surface area contributed by atoms with E-state index in [1.165, 1.54) is 0 Å². The first-order valence-corrected chi connectivity index (χ1v) is 15.6. The van der Waals surface area contributed by atoms with Gasteiger partial charge in [-0.05, 0) is 89.5 Å². The lowest BCUT2D eigenvalue weighted by molar-refractivity contribution is 0.222. The second-order valence-corrected chi connectivity index (χ2v) is 15.2. The van der Waals surface area contributed by atoms with Crippen LogP contribution in [0.5, 0.6) is 0 Å². The summed E-state index contributed by atoms with van der Waals surface area (Å²) in [4.78, 5) is 0.656. The number of nitrogens with zero attached hydrogens (tertiary/aromatic N) is 2. The van der Waals surface area contributed by atoms with Crippen LogP contribution < -0.4 is 0 Å². The topological polar surface area (TPSA) is 74.8 Å². The fourth-order valence-corrected chi connectivity index (χ4v) is 9.85. The van der Waals surface area contributed by atoms with Gasteiger partial charge in [0.2, 0.25) is 20.0 Å². The van der Waals surface area contributed by atoms with E-state index in [4.69, 9.17) is 0 Å². The zero-order chi connectivity index (χ0) is 25.1. The van der Waals surface area contributed by atoms with Crippen LogP contribution in [0.1, 0.15) is 51.7 Å². The molecule has 5 rings (SSSR count). The second-order valence-electron chi connectivity index (χ2n) is 11.4. The molecule has 0 N–H and O–H groups in total. The molecule has 35 heavy (non-hydrogen) atoms. The lowest BCUT2D eigenvalue weighted by atomic mass is 9.94. The van der Waals surface area contributed by atoms with Crippen molar-refractivity contribution in [3.8, 4) is 11.1 Å². The van der Waals surface area contributed by atoms with Gasteiger partial charge in [-0.15, -0.1) is 0 Å². The smallest absolute Gasteiger partial charge is 0.207 e. The molecule has 190 valence electrons. The van der Waals surface area contributed by atoms with Crippen LogP contribution >= 0.6 is 0 Å². The molecule has 0 saturated carbocycles. The van der Waals surface area contributed by atoms with Gasteiger partial charge in [-0.25, -0.2) is 16.8 Å². The van der Waals surface area contributed by atoms with Crippen LogP contribution in [0.4, 0.5) is 0 Å². The molecule has 0 spiro atoms. The van der Waals surface area contributed by atoms with Crippen molar-refractivity contribution in [3.05, 3.63) is 47.5 Å². The maximum atomic E-state index is 13.4. The summed E-state index contributed by atoms with van der Waals surface area (Å²) >= 11 is 0. The Hall–Kier alpha value is -1.74. The van der Waals surface area contributed by atoms with E-state index in [2.05, 4.69) is 27.7 Å². The molecule has 8 heteroatoms. The lowest BCUT2D eigenvalue weighted by Gasteiger charge is -2.34. The van der Waals surface area contributed by atoms with Crippen LogP contribution in [-0.2, 0) is 26.5 Å². The minimum absolute atomic E-state index is 0.328. The van der Waals surface area contributed by atoms with Crippen LogP contribution in [0.3, 0.4) is 0 Å². The Labute approximate surface area is 210 Å². The molecule has 2 aliphatic heterocycles. The van der Waals surface area contributed by atoms with Gasteiger partial charge in [0.05, 0.1) is 9.79 Å². The average molecular weight is 517 g/mol. The minimum Gasteiger partial charge on any atom is -0.207 e. The highest BCUT2D eigenvalue weighted by Crippen LogP contribution is 2.40. The number of piperidine rings is 2. The predicted octanol–water partition coefficient (Wildman–Crippen LogP) is 4.59. The largest absolute Gasteiger partial charge is 0.243 e. The molecule has 0 radical (unpaired) electrons. The van der Waals surface area contributed by atoms with Crippen LogP contribution in [0, 0.1) is 23.7 Å². The first kappa shape index (κ1) is 24.9. The highest BCUT2D eigenvalue weighted by molar-refractivity contribution is 7.89. The Morgan fingerprint density at radius 1 is 0.600 bits per heavy atom. The zero-order valence-electron chi connectivity index (χ0n) is 21.1. The Morgan fingerprint density at radius 2 is 0.943 bits per heavy atom. The highest BCUT2D eigenvalue weighted by Gasteiger charge is 2.34. The molecule has 0 amide bonds. The van der Waals surface area contributed by atoms with E-state index in [-0.39, 0.29) is 0 Å². The molecule has 2 aromatic rings. The van der Waals surface area contributed by atoms with Crippen molar-refractivity contribution in [1.82, 2.24) is 8.61 Å². The number of sulfonamides is 2. The number of rotatable bonds is 4. The molecule has 0 aromatic heterocycles. The van der Waals surface area contributed by atoms with Crippen molar-refractivity contribution in [3.63, 3.8) is 0 Å². The van der Waals surface area contributed by atoms with Gasteiger partial charge in [0.25, 0.3) is 0 Å². The summed E-state index contributed by atoms with van der Waals surface area (Å²) in [7, 11) is -7.12. The third-order valence-corrected chi connectivity index (χ3v) is 11.4. The maximum Gasteiger partial charge on any atom is 0.243 e. The van der Waals surface area contributed by atoms with Gasteiger partial charge >= 0.3 is 0 Å². The standard InChI is InChI=1S/C27H36N2O4S2/c1-18-9-19(2)15-28(14-18)34(30,31)24-5-7-26-22(12-24)11-23-13-25(6-8-27(23)26)35(32,33)29-16-20(3)10-21(4)17-29/h5-8,12-13,18-21H,9-11,14-17H2,1-4H3/t18-,19+,20-,21+. The van der Waals surface area contributed by atoms with E-state index in [9.17, 15) is 16.8 Å². The Balaban J connectivity index is 1.42. The molecule has 0 unspecified atom stereocenters. The molecule has 1 aliphatic carbocycles. The number of hydrogen-bond donors (Lipinski definition) is 0. The van der Waals surface area contributed by atoms with Crippen molar-refractivity contribution < 1.29 is 16.8 Å². The first-order valence-electron chi connectivity index (χ1n) is 12.7. The van der Waals surface area contributed by atoms with Gasteiger partial charge < -0.3 is 0 Å². The lowest BCUT2D eigenvalue weighted by Crippen LogP contribution is -2.42. The first-order chi connectivity index (χ1) is 16.4. The molecule has 4 atom stereocenters. The summed E-state index contributed by atoms with van der Waals surface area (Å²) in [5, 5.41) is 0. The monoisotopic (exact) mass is 516 g/mol. The van der Waals surface area contributed by atoms with Gasteiger partial charge in [-0.1, -0.05) is 39.8 Å². The number of hydrogen-bond acceptors (Lipinski definition) is 4.